The predicted octanol–water partition coefficient (Wildman–Crippen LogP) is 4.43. The Balaban J connectivity index is 1.36. The number of hydrogen-bond donors (Lipinski definition) is 3. The summed E-state index contributed by atoms with van der Waals surface area (Å²) in [6.45, 7) is 3.59. The van der Waals surface area contributed by atoms with Gasteiger partial charge in [0.1, 0.15) is 23.8 Å². The van der Waals surface area contributed by atoms with Gasteiger partial charge in [0.25, 0.3) is 5.92 Å². The lowest BCUT2D eigenvalue weighted by atomic mass is 9.93. The Morgan fingerprint density at radius 2 is 1.66 bits per heavy atom. The van der Waals surface area contributed by atoms with Gasteiger partial charge in [-0.2, -0.15) is 0 Å². The van der Waals surface area contributed by atoms with Crippen LogP contribution in [0.25, 0.3) is 10.9 Å². The molecule has 41 heavy (non-hydrogen) atoms. The maximum absolute atomic E-state index is 13.8. The molecule has 1 saturated carbocycles. The molecule has 0 unspecified atom stereocenters. The molecular weight excluding hydrogens is 552 g/mol. The largest absolute Gasteiger partial charge is 0.395 e. The second-order valence-corrected chi connectivity index (χ2v) is 13.4. The van der Waals surface area contributed by atoms with E-state index in [1.54, 1.807) is 12.1 Å². The SMILES string of the molecule is Cc1cc(Nc2ncnc3cc(NS(=O)(=O)CCO)cc(N4CCC5(CC4)CC5)c23)nc(N2CCC(F)(F)CC2)c1. The zero-order chi connectivity index (χ0) is 28.8. The van der Waals surface area contributed by atoms with Gasteiger partial charge in [0.05, 0.1) is 34.6 Å². The van der Waals surface area contributed by atoms with E-state index in [0.717, 1.165) is 42.6 Å². The van der Waals surface area contributed by atoms with Gasteiger partial charge in [-0.05, 0) is 67.9 Å². The summed E-state index contributed by atoms with van der Waals surface area (Å²) >= 11 is 0. The Morgan fingerprint density at radius 3 is 2.34 bits per heavy atom. The van der Waals surface area contributed by atoms with Gasteiger partial charge in [0, 0.05) is 39.0 Å². The quantitative estimate of drug-likeness (QED) is 0.351. The van der Waals surface area contributed by atoms with Crippen LogP contribution in [0.3, 0.4) is 0 Å². The highest BCUT2D eigenvalue weighted by Crippen LogP contribution is 2.54. The number of rotatable bonds is 8. The number of hydrogen-bond acceptors (Lipinski definition) is 9. The van der Waals surface area contributed by atoms with E-state index in [-0.39, 0.29) is 25.9 Å². The van der Waals surface area contributed by atoms with Gasteiger partial charge in [0.15, 0.2) is 0 Å². The van der Waals surface area contributed by atoms with Crippen molar-refractivity contribution in [1.29, 1.82) is 0 Å². The minimum Gasteiger partial charge on any atom is -0.395 e. The van der Waals surface area contributed by atoms with Crippen molar-refractivity contribution >= 4 is 49.8 Å². The molecule has 1 aromatic carbocycles. The number of aliphatic hydroxyl groups excluding tert-OH is 1. The summed E-state index contributed by atoms with van der Waals surface area (Å²) < 4.78 is 55.0. The summed E-state index contributed by atoms with van der Waals surface area (Å²) in [7, 11) is -3.73. The maximum atomic E-state index is 13.8. The zero-order valence-electron chi connectivity index (χ0n) is 23.0. The molecule has 220 valence electrons. The van der Waals surface area contributed by atoms with Crippen LogP contribution in [0.4, 0.5) is 37.6 Å². The van der Waals surface area contributed by atoms with E-state index in [2.05, 4.69) is 24.9 Å². The van der Waals surface area contributed by atoms with Gasteiger partial charge in [-0.3, -0.25) is 4.72 Å². The fraction of sp³-hybridized carbons (Fsp3) is 0.536. The van der Waals surface area contributed by atoms with Gasteiger partial charge < -0.3 is 20.2 Å². The molecule has 4 heterocycles. The van der Waals surface area contributed by atoms with E-state index in [1.165, 1.54) is 19.2 Å². The summed E-state index contributed by atoms with van der Waals surface area (Å²) in [5.41, 5.74) is 3.12. The molecule has 2 saturated heterocycles. The number of nitrogens with one attached hydrogen (secondary N) is 2. The van der Waals surface area contributed by atoms with Crippen LogP contribution in [0.2, 0.25) is 0 Å². The second-order valence-electron chi connectivity index (χ2n) is 11.6. The average molecular weight is 588 g/mol. The number of fused-ring (bicyclic) bond motifs is 1. The van der Waals surface area contributed by atoms with E-state index < -0.39 is 28.3 Å². The lowest BCUT2D eigenvalue weighted by Gasteiger charge is -2.35. The minimum atomic E-state index is -3.73. The number of aromatic nitrogens is 3. The van der Waals surface area contributed by atoms with Crippen LogP contribution in [0.5, 0.6) is 0 Å². The number of nitrogens with zero attached hydrogens (tertiary/aromatic N) is 5. The van der Waals surface area contributed by atoms with Crippen molar-refractivity contribution in [3.05, 3.63) is 36.2 Å². The number of anilines is 5. The van der Waals surface area contributed by atoms with E-state index in [0.29, 0.717) is 34.1 Å². The number of benzene rings is 1. The number of piperidine rings is 2. The van der Waals surface area contributed by atoms with Crippen molar-refractivity contribution in [3.8, 4) is 0 Å². The highest BCUT2D eigenvalue weighted by Gasteiger charge is 2.44. The molecule has 1 aliphatic carbocycles. The molecule has 13 heteroatoms. The number of alkyl halides is 2. The third-order valence-corrected chi connectivity index (χ3v) is 9.76. The van der Waals surface area contributed by atoms with Crippen LogP contribution in [-0.2, 0) is 10.0 Å². The lowest BCUT2D eigenvalue weighted by Crippen LogP contribution is -2.39. The van der Waals surface area contributed by atoms with Crippen LogP contribution < -0.4 is 19.8 Å². The summed E-state index contributed by atoms with van der Waals surface area (Å²) in [4.78, 5) is 17.9. The van der Waals surface area contributed by atoms with Crippen molar-refractivity contribution in [2.75, 3.05) is 58.4 Å². The Kier molecular flexibility index (Phi) is 7.13. The highest BCUT2D eigenvalue weighted by atomic mass is 32.2. The maximum Gasteiger partial charge on any atom is 0.251 e. The predicted molar refractivity (Wildman–Crippen MR) is 156 cm³/mol. The molecule has 2 aliphatic heterocycles. The number of aliphatic hydroxyl groups is 1. The summed E-state index contributed by atoms with van der Waals surface area (Å²) in [6.07, 6.45) is 5.67. The summed E-state index contributed by atoms with van der Waals surface area (Å²) in [5, 5.41) is 13.3. The van der Waals surface area contributed by atoms with Crippen LogP contribution in [0, 0.1) is 12.3 Å². The third kappa shape index (κ3) is 6.15. The van der Waals surface area contributed by atoms with Crippen molar-refractivity contribution in [2.24, 2.45) is 5.41 Å². The van der Waals surface area contributed by atoms with E-state index in [9.17, 15) is 22.3 Å². The van der Waals surface area contributed by atoms with Gasteiger partial charge in [0.2, 0.25) is 10.0 Å². The van der Waals surface area contributed by atoms with Crippen molar-refractivity contribution in [2.45, 2.75) is 51.4 Å². The first-order valence-electron chi connectivity index (χ1n) is 14.1. The van der Waals surface area contributed by atoms with E-state index >= 15 is 0 Å². The Morgan fingerprint density at radius 1 is 0.951 bits per heavy atom. The molecule has 3 N–H and O–H groups in total. The first-order valence-corrected chi connectivity index (χ1v) is 15.7. The lowest BCUT2D eigenvalue weighted by molar-refractivity contribution is -0.0221. The van der Waals surface area contributed by atoms with Crippen molar-refractivity contribution < 1.29 is 22.3 Å². The first kappa shape index (κ1) is 27.8. The topological polar surface area (TPSA) is 124 Å². The first-order chi connectivity index (χ1) is 19.5. The van der Waals surface area contributed by atoms with E-state index in [4.69, 9.17) is 4.98 Å². The standard InChI is InChI=1S/C28H35F2N7O3S/c1-19-14-23(33-24(15-19)37-10-6-28(29,30)7-11-37)34-26-25-21(31-18-32-26)16-20(35-41(39,40)13-12-38)17-22(25)36-8-4-27(2-3-27)5-9-36/h14-18,35,38H,2-13H2,1H3,(H,31,32,33,34). The number of sulfonamides is 1. The highest BCUT2D eigenvalue weighted by molar-refractivity contribution is 7.92. The molecule has 0 bridgehead atoms. The van der Waals surface area contributed by atoms with Gasteiger partial charge >= 0.3 is 0 Å². The third-order valence-electron chi connectivity index (χ3n) is 8.49. The Labute approximate surface area is 238 Å². The smallest absolute Gasteiger partial charge is 0.251 e. The molecule has 10 nitrogen and oxygen atoms in total. The van der Waals surface area contributed by atoms with E-state index in [1.807, 2.05) is 24.0 Å². The molecule has 1 spiro atoms. The molecule has 3 fully saturated rings. The second kappa shape index (κ2) is 10.5. The summed E-state index contributed by atoms with van der Waals surface area (Å²) in [5.74, 6) is -1.36. The Hall–Kier alpha value is -3.32. The molecule has 6 rings (SSSR count). The molecule has 0 amide bonds. The van der Waals surface area contributed by atoms with Gasteiger partial charge in [-0.1, -0.05) is 0 Å². The number of halogens is 2. The number of pyridine rings is 1. The van der Waals surface area contributed by atoms with Crippen LogP contribution >= 0.6 is 0 Å². The van der Waals surface area contributed by atoms with Crippen molar-refractivity contribution in [3.63, 3.8) is 0 Å². The molecule has 3 aromatic rings. The van der Waals surface area contributed by atoms with Gasteiger partial charge in [-0.25, -0.2) is 32.2 Å². The fourth-order valence-electron chi connectivity index (χ4n) is 5.88. The zero-order valence-corrected chi connectivity index (χ0v) is 23.9. The van der Waals surface area contributed by atoms with Crippen LogP contribution in [0.15, 0.2) is 30.6 Å². The van der Waals surface area contributed by atoms with Crippen molar-refractivity contribution in [1.82, 2.24) is 15.0 Å². The fourth-order valence-corrected chi connectivity index (χ4v) is 6.70. The summed E-state index contributed by atoms with van der Waals surface area (Å²) in [6, 6.07) is 7.24. The Bertz CT molecular complexity index is 1550. The van der Waals surface area contributed by atoms with Crippen LogP contribution in [-0.4, -0.2) is 72.9 Å². The molecule has 0 atom stereocenters. The normalized spacial score (nSPS) is 19.9. The molecule has 0 radical (unpaired) electrons. The minimum absolute atomic E-state index is 0.202. The molecular formula is C28H35F2N7O3S. The van der Waals surface area contributed by atoms with Crippen LogP contribution in [0.1, 0.15) is 44.1 Å². The molecule has 2 aromatic heterocycles. The monoisotopic (exact) mass is 587 g/mol. The average Bonchev–Trinajstić information content (AvgIpc) is 3.66. The molecule has 3 aliphatic rings. The number of aryl methyl sites for hydroxylation is 1. The van der Waals surface area contributed by atoms with Gasteiger partial charge in [-0.15, -0.1) is 0 Å².